The lowest BCUT2D eigenvalue weighted by Crippen LogP contribution is -2.25. The number of epoxide rings is 1. The minimum absolute atomic E-state index is 0.0452. The molecule has 0 bridgehead atoms. The SMILES string of the molecule is CC(C)COCCOC(=O)C1CCC2OC2C1. The van der Waals surface area contributed by atoms with Gasteiger partial charge in [0.15, 0.2) is 0 Å². The topological polar surface area (TPSA) is 48.1 Å². The van der Waals surface area contributed by atoms with Crippen LogP contribution in [-0.2, 0) is 19.0 Å². The van der Waals surface area contributed by atoms with E-state index in [9.17, 15) is 4.79 Å². The zero-order valence-corrected chi connectivity index (χ0v) is 10.7. The van der Waals surface area contributed by atoms with Crippen LogP contribution in [0.5, 0.6) is 0 Å². The van der Waals surface area contributed by atoms with Crippen LogP contribution < -0.4 is 0 Å². The molecular formula is C13H22O4. The smallest absolute Gasteiger partial charge is 0.309 e. The molecule has 1 saturated heterocycles. The monoisotopic (exact) mass is 242 g/mol. The summed E-state index contributed by atoms with van der Waals surface area (Å²) in [5.41, 5.74) is 0. The lowest BCUT2D eigenvalue weighted by molar-refractivity contribution is -0.151. The predicted octanol–water partition coefficient (Wildman–Crippen LogP) is 1.77. The predicted molar refractivity (Wildman–Crippen MR) is 62.6 cm³/mol. The van der Waals surface area contributed by atoms with Gasteiger partial charge in [0.1, 0.15) is 6.61 Å². The molecule has 17 heavy (non-hydrogen) atoms. The molecule has 3 atom stereocenters. The van der Waals surface area contributed by atoms with Crippen molar-refractivity contribution in [2.45, 2.75) is 45.3 Å². The Kier molecular flexibility index (Phi) is 4.40. The van der Waals surface area contributed by atoms with E-state index in [0.717, 1.165) is 25.9 Å². The van der Waals surface area contributed by atoms with Gasteiger partial charge in [-0.2, -0.15) is 0 Å². The molecule has 4 heteroatoms. The molecule has 2 rings (SSSR count). The van der Waals surface area contributed by atoms with Gasteiger partial charge in [-0.1, -0.05) is 13.8 Å². The molecule has 0 aromatic carbocycles. The van der Waals surface area contributed by atoms with Crippen LogP contribution in [0.3, 0.4) is 0 Å². The molecule has 1 saturated carbocycles. The van der Waals surface area contributed by atoms with Gasteiger partial charge in [-0.25, -0.2) is 0 Å². The largest absolute Gasteiger partial charge is 0.463 e. The maximum absolute atomic E-state index is 11.7. The van der Waals surface area contributed by atoms with E-state index < -0.39 is 0 Å². The highest BCUT2D eigenvalue weighted by molar-refractivity contribution is 5.72. The quantitative estimate of drug-likeness (QED) is 0.404. The van der Waals surface area contributed by atoms with Crippen molar-refractivity contribution >= 4 is 5.97 Å². The highest BCUT2D eigenvalue weighted by atomic mass is 16.6. The van der Waals surface area contributed by atoms with Gasteiger partial charge in [0.05, 0.1) is 24.7 Å². The van der Waals surface area contributed by atoms with Crippen molar-refractivity contribution in [3.8, 4) is 0 Å². The molecule has 1 aliphatic heterocycles. The van der Waals surface area contributed by atoms with Gasteiger partial charge in [0, 0.05) is 6.61 Å². The van der Waals surface area contributed by atoms with E-state index in [4.69, 9.17) is 14.2 Å². The lowest BCUT2D eigenvalue weighted by atomic mass is 9.89. The third-order valence-electron chi connectivity index (χ3n) is 3.26. The van der Waals surface area contributed by atoms with Crippen molar-refractivity contribution in [2.75, 3.05) is 19.8 Å². The second-order valence-corrected chi connectivity index (χ2v) is 5.36. The van der Waals surface area contributed by atoms with Gasteiger partial charge in [0.2, 0.25) is 0 Å². The first-order chi connectivity index (χ1) is 8.16. The summed E-state index contributed by atoms with van der Waals surface area (Å²) in [4.78, 5) is 11.7. The Morgan fingerprint density at radius 1 is 1.29 bits per heavy atom. The standard InChI is InChI=1S/C13H22O4/c1-9(2)8-15-5-6-16-13(14)10-3-4-11-12(7-10)17-11/h9-12H,3-8H2,1-2H3. The zero-order valence-electron chi connectivity index (χ0n) is 10.7. The Morgan fingerprint density at radius 2 is 2.12 bits per heavy atom. The van der Waals surface area contributed by atoms with Crippen LogP contribution >= 0.6 is 0 Å². The Hall–Kier alpha value is -0.610. The number of esters is 1. The minimum Gasteiger partial charge on any atom is -0.463 e. The third-order valence-corrected chi connectivity index (χ3v) is 3.26. The third kappa shape index (κ3) is 3.96. The first-order valence-corrected chi connectivity index (χ1v) is 6.56. The van der Waals surface area contributed by atoms with E-state index in [-0.39, 0.29) is 11.9 Å². The van der Waals surface area contributed by atoms with Crippen molar-refractivity contribution in [3.63, 3.8) is 0 Å². The van der Waals surface area contributed by atoms with E-state index in [0.29, 0.717) is 31.3 Å². The number of hydrogen-bond acceptors (Lipinski definition) is 4. The average Bonchev–Trinajstić information content (AvgIpc) is 3.05. The summed E-state index contributed by atoms with van der Waals surface area (Å²) >= 11 is 0. The fourth-order valence-electron chi connectivity index (χ4n) is 2.26. The average molecular weight is 242 g/mol. The summed E-state index contributed by atoms with van der Waals surface area (Å²) in [5.74, 6) is 0.490. The Bertz CT molecular complexity index is 264. The zero-order chi connectivity index (χ0) is 12.3. The molecule has 0 spiro atoms. The van der Waals surface area contributed by atoms with Crippen LogP contribution in [0, 0.1) is 11.8 Å². The fraction of sp³-hybridized carbons (Fsp3) is 0.923. The molecule has 1 heterocycles. The normalized spacial score (nSPS) is 31.1. The van der Waals surface area contributed by atoms with Gasteiger partial charge in [-0.3, -0.25) is 4.79 Å². The molecule has 98 valence electrons. The second-order valence-electron chi connectivity index (χ2n) is 5.36. The number of fused-ring (bicyclic) bond motifs is 1. The first kappa shape index (κ1) is 12.8. The first-order valence-electron chi connectivity index (χ1n) is 6.56. The molecule has 0 aromatic rings. The molecule has 0 amide bonds. The van der Waals surface area contributed by atoms with Crippen molar-refractivity contribution in [2.24, 2.45) is 11.8 Å². The van der Waals surface area contributed by atoms with Crippen LogP contribution in [0.25, 0.3) is 0 Å². The van der Waals surface area contributed by atoms with Crippen molar-refractivity contribution < 1.29 is 19.0 Å². The summed E-state index contributed by atoms with van der Waals surface area (Å²) < 4.78 is 16.0. The molecule has 3 unspecified atom stereocenters. The maximum Gasteiger partial charge on any atom is 0.309 e. The molecule has 4 nitrogen and oxygen atoms in total. The van der Waals surface area contributed by atoms with Crippen LogP contribution in [0.15, 0.2) is 0 Å². The van der Waals surface area contributed by atoms with Crippen molar-refractivity contribution in [3.05, 3.63) is 0 Å². The molecular weight excluding hydrogens is 220 g/mol. The van der Waals surface area contributed by atoms with Gasteiger partial charge < -0.3 is 14.2 Å². The van der Waals surface area contributed by atoms with Crippen molar-refractivity contribution in [1.29, 1.82) is 0 Å². The van der Waals surface area contributed by atoms with E-state index in [2.05, 4.69) is 13.8 Å². The number of carbonyl (C=O) groups excluding carboxylic acids is 1. The van der Waals surface area contributed by atoms with Crippen LogP contribution in [0.4, 0.5) is 0 Å². The molecule has 0 N–H and O–H groups in total. The van der Waals surface area contributed by atoms with E-state index in [1.165, 1.54) is 0 Å². The molecule has 2 aliphatic rings. The summed E-state index contributed by atoms with van der Waals surface area (Å²) in [6.45, 7) is 5.79. The van der Waals surface area contributed by atoms with E-state index >= 15 is 0 Å². The highest BCUT2D eigenvalue weighted by Crippen LogP contribution is 2.39. The maximum atomic E-state index is 11.7. The van der Waals surface area contributed by atoms with Crippen molar-refractivity contribution in [1.82, 2.24) is 0 Å². The Morgan fingerprint density at radius 3 is 2.82 bits per heavy atom. The second kappa shape index (κ2) is 5.83. The molecule has 2 fully saturated rings. The van der Waals surface area contributed by atoms with Gasteiger partial charge >= 0.3 is 5.97 Å². The van der Waals surface area contributed by atoms with Gasteiger partial charge in [-0.05, 0) is 25.2 Å². The highest BCUT2D eigenvalue weighted by Gasteiger charge is 2.46. The lowest BCUT2D eigenvalue weighted by Gasteiger charge is -2.17. The van der Waals surface area contributed by atoms with Gasteiger partial charge in [0.25, 0.3) is 0 Å². The van der Waals surface area contributed by atoms with E-state index in [1.54, 1.807) is 0 Å². The Balaban J connectivity index is 1.54. The summed E-state index contributed by atoms with van der Waals surface area (Å²) in [6.07, 6.45) is 3.53. The minimum atomic E-state index is -0.0768. The Labute approximate surface area is 103 Å². The van der Waals surface area contributed by atoms with Crippen LogP contribution in [0.2, 0.25) is 0 Å². The number of carbonyl (C=O) groups is 1. The summed E-state index contributed by atoms with van der Waals surface area (Å²) in [5, 5.41) is 0. The van der Waals surface area contributed by atoms with Crippen LogP contribution in [-0.4, -0.2) is 38.0 Å². The van der Waals surface area contributed by atoms with E-state index in [1.807, 2.05) is 0 Å². The van der Waals surface area contributed by atoms with Gasteiger partial charge in [-0.15, -0.1) is 0 Å². The van der Waals surface area contributed by atoms with Crippen LogP contribution in [0.1, 0.15) is 33.1 Å². The number of hydrogen-bond donors (Lipinski definition) is 0. The summed E-state index contributed by atoms with van der Waals surface area (Å²) in [6, 6.07) is 0. The number of ether oxygens (including phenoxy) is 3. The summed E-state index contributed by atoms with van der Waals surface area (Å²) in [7, 11) is 0. The molecule has 0 radical (unpaired) electrons. The number of rotatable bonds is 6. The molecule has 1 aliphatic carbocycles. The molecule has 0 aromatic heterocycles. The fourth-order valence-corrected chi connectivity index (χ4v) is 2.26.